The molecule has 0 radical (unpaired) electrons. The highest BCUT2D eigenvalue weighted by molar-refractivity contribution is 5.82. The first-order valence-corrected chi connectivity index (χ1v) is 6.34. The van der Waals surface area contributed by atoms with Gasteiger partial charge in [-0.2, -0.15) is 0 Å². The smallest absolute Gasteiger partial charge is 0.213 e. The van der Waals surface area contributed by atoms with Crippen LogP contribution in [0.2, 0.25) is 0 Å². The van der Waals surface area contributed by atoms with Gasteiger partial charge in [0.15, 0.2) is 18.9 Å². The van der Waals surface area contributed by atoms with Gasteiger partial charge in [0.1, 0.15) is 5.82 Å². The summed E-state index contributed by atoms with van der Waals surface area (Å²) in [6.07, 6.45) is 3.80. The molecule has 0 unspecified atom stereocenters. The maximum Gasteiger partial charge on any atom is 0.213 e. The third-order valence-corrected chi connectivity index (χ3v) is 3.21. The van der Waals surface area contributed by atoms with E-state index in [2.05, 4.69) is 4.98 Å². The predicted octanol–water partition coefficient (Wildman–Crippen LogP) is 2.72. The SMILES string of the molecule is COc1ccc2ccc(F)c(C[n+]3ccccc3)c2n1. The number of hydrogen-bond acceptors (Lipinski definition) is 2. The molecule has 0 spiro atoms. The minimum Gasteiger partial charge on any atom is -0.481 e. The molecule has 0 amide bonds. The molecule has 0 N–H and O–H groups in total. The zero-order valence-corrected chi connectivity index (χ0v) is 11.1. The van der Waals surface area contributed by atoms with Crippen LogP contribution in [0.25, 0.3) is 10.9 Å². The number of rotatable bonds is 3. The topological polar surface area (TPSA) is 26.0 Å². The molecule has 3 aromatic rings. The first-order chi connectivity index (χ1) is 9.78. The number of nitrogens with zero attached hydrogens (tertiary/aromatic N) is 2. The molecule has 0 fully saturated rings. The van der Waals surface area contributed by atoms with E-state index in [0.29, 0.717) is 23.5 Å². The Hall–Kier alpha value is -2.49. The summed E-state index contributed by atoms with van der Waals surface area (Å²) in [7, 11) is 1.55. The Morgan fingerprint density at radius 3 is 2.60 bits per heavy atom. The Kier molecular flexibility index (Phi) is 3.29. The molecule has 100 valence electrons. The highest BCUT2D eigenvalue weighted by Crippen LogP contribution is 2.22. The zero-order chi connectivity index (χ0) is 13.9. The predicted molar refractivity (Wildman–Crippen MR) is 74.0 cm³/mol. The van der Waals surface area contributed by atoms with Crippen molar-refractivity contribution in [2.45, 2.75) is 6.54 Å². The fourth-order valence-corrected chi connectivity index (χ4v) is 2.19. The average Bonchev–Trinajstić information content (AvgIpc) is 2.51. The molecular weight excluding hydrogens is 255 g/mol. The van der Waals surface area contributed by atoms with Crippen LogP contribution in [0.4, 0.5) is 4.39 Å². The van der Waals surface area contributed by atoms with E-state index in [9.17, 15) is 4.39 Å². The summed E-state index contributed by atoms with van der Waals surface area (Å²) in [5.74, 6) is 0.233. The molecule has 3 nitrogen and oxygen atoms in total. The summed E-state index contributed by atoms with van der Waals surface area (Å²) < 4.78 is 21.2. The summed E-state index contributed by atoms with van der Waals surface area (Å²) in [4.78, 5) is 4.38. The maximum atomic E-state index is 14.1. The fraction of sp³-hybridized carbons (Fsp3) is 0.125. The average molecular weight is 269 g/mol. The van der Waals surface area contributed by atoms with E-state index in [-0.39, 0.29) is 5.82 Å². The second-order valence-corrected chi connectivity index (χ2v) is 4.50. The van der Waals surface area contributed by atoms with Crippen LogP contribution in [0.3, 0.4) is 0 Å². The molecule has 1 aromatic carbocycles. The van der Waals surface area contributed by atoms with E-state index in [4.69, 9.17) is 4.74 Å². The van der Waals surface area contributed by atoms with Crippen LogP contribution in [0, 0.1) is 5.82 Å². The van der Waals surface area contributed by atoms with Gasteiger partial charge in [-0.05, 0) is 18.2 Å². The molecule has 3 rings (SSSR count). The summed E-state index contributed by atoms with van der Waals surface area (Å²) in [5, 5.41) is 0.902. The molecule has 0 aliphatic carbocycles. The van der Waals surface area contributed by atoms with Crippen molar-refractivity contribution in [2.75, 3.05) is 7.11 Å². The largest absolute Gasteiger partial charge is 0.481 e. The molecule has 0 bridgehead atoms. The standard InChI is InChI=1S/C16H14FN2O/c1-20-15-8-6-12-5-7-14(17)13(16(12)18-15)11-19-9-3-2-4-10-19/h2-10H,11H2,1H3/q+1. The van der Waals surface area contributed by atoms with Crippen LogP contribution in [-0.2, 0) is 6.54 Å². The second kappa shape index (κ2) is 5.25. The summed E-state index contributed by atoms with van der Waals surface area (Å²) in [6.45, 7) is 0.435. The van der Waals surface area contributed by atoms with E-state index < -0.39 is 0 Å². The molecular formula is C16H14FN2O+. The van der Waals surface area contributed by atoms with Crippen molar-refractivity contribution in [3.05, 3.63) is 66.2 Å². The van der Waals surface area contributed by atoms with Gasteiger partial charge in [0.05, 0.1) is 18.2 Å². The van der Waals surface area contributed by atoms with Gasteiger partial charge in [-0.15, -0.1) is 0 Å². The van der Waals surface area contributed by atoms with E-state index in [1.54, 1.807) is 19.2 Å². The van der Waals surface area contributed by atoms with Gasteiger partial charge in [-0.3, -0.25) is 0 Å². The minimum absolute atomic E-state index is 0.255. The van der Waals surface area contributed by atoms with Gasteiger partial charge in [0.25, 0.3) is 0 Å². The number of fused-ring (bicyclic) bond motifs is 1. The summed E-state index contributed by atoms with van der Waals surface area (Å²) in [5.41, 5.74) is 1.21. The first kappa shape index (κ1) is 12.5. The Balaban J connectivity index is 2.14. The molecule has 4 heteroatoms. The van der Waals surface area contributed by atoms with Crippen molar-refractivity contribution in [2.24, 2.45) is 0 Å². The normalized spacial score (nSPS) is 10.7. The molecule has 0 atom stereocenters. The number of halogens is 1. The summed E-state index contributed by atoms with van der Waals surface area (Å²) >= 11 is 0. The Morgan fingerprint density at radius 2 is 1.85 bits per heavy atom. The number of hydrogen-bond donors (Lipinski definition) is 0. The van der Waals surface area contributed by atoms with Crippen LogP contribution < -0.4 is 9.30 Å². The third-order valence-electron chi connectivity index (χ3n) is 3.21. The lowest BCUT2D eigenvalue weighted by molar-refractivity contribution is -0.688. The van der Waals surface area contributed by atoms with Crippen molar-refractivity contribution < 1.29 is 13.7 Å². The van der Waals surface area contributed by atoms with Crippen molar-refractivity contribution in [3.63, 3.8) is 0 Å². The Labute approximate surface area is 116 Å². The lowest BCUT2D eigenvalue weighted by Crippen LogP contribution is -2.33. The second-order valence-electron chi connectivity index (χ2n) is 4.50. The number of benzene rings is 1. The van der Waals surface area contributed by atoms with Crippen molar-refractivity contribution in [3.8, 4) is 5.88 Å². The number of ether oxygens (including phenoxy) is 1. The van der Waals surface area contributed by atoms with Crippen molar-refractivity contribution >= 4 is 10.9 Å². The van der Waals surface area contributed by atoms with E-state index in [1.165, 1.54) is 6.07 Å². The van der Waals surface area contributed by atoms with Gasteiger partial charge >= 0.3 is 0 Å². The highest BCUT2D eigenvalue weighted by atomic mass is 19.1. The maximum absolute atomic E-state index is 14.1. The van der Waals surface area contributed by atoms with Gasteiger partial charge < -0.3 is 4.74 Å². The van der Waals surface area contributed by atoms with Crippen molar-refractivity contribution in [1.29, 1.82) is 0 Å². The lowest BCUT2D eigenvalue weighted by Gasteiger charge is -2.06. The first-order valence-electron chi connectivity index (χ1n) is 6.34. The van der Waals surface area contributed by atoms with Crippen LogP contribution in [0.5, 0.6) is 5.88 Å². The van der Waals surface area contributed by atoms with Crippen LogP contribution in [-0.4, -0.2) is 12.1 Å². The molecule has 0 saturated heterocycles. The molecule has 0 aliphatic rings. The molecule has 2 aromatic heterocycles. The lowest BCUT2D eigenvalue weighted by atomic mass is 10.1. The zero-order valence-electron chi connectivity index (χ0n) is 11.1. The van der Waals surface area contributed by atoms with Gasteiger partial charge in [-0.25, -0.2) is 13.9 Å². The van der Waals surface area contributed by atoms with E-state index >= 15 is 0 Å². The fourth-order valence-electron chi connectivity index (χ4n) is 2.19. The van der Waals surface area contributed by atoms with Gasteiger partial charge in [0, 0.05) is 23.6 Å². The number of pyridine rings is 2. The van der Waals surface area contributed by atoms with E-state index in [1.807, 2.05) is 41.2 Å². The molecule has 0 aliphatic heterocycles. The van der Waals surface area contributed by atoms with Crippen molar-refractivity contribution in [1.82, 2.24) is 4.98 Å². The van der Waals surface area contributed by atoms with Crippen LogP contribution >= 0.6 is 0 Å². The summed E-state index contributed by atoms with van der Waals surface area (Å²) in [6, 6.07) is 12.6. The minimum atomic E-state index is -0.255. The Bertz CT molecular complexity index is 744. The van der Waals surface area contributed by atoms with Crippen LogP contribution in [0.15, 0.2) is 54.9 Å². The van der Waals surface area contributed by atoms with Gasteiger partial charge in [-0.1, -0.05) is 6.07 Å². The number of methoxy groups -OCH3 is 1. The van der Waals surface area contributed by atoms with Gasteiger partial charge in [0.2, 0.25) is 5.88 Å². The quantitative estimate of drug-likeness (QED) is 0.683. The monoisotopic (exact) mass is 269 g/mol. The molecule has 2 heterocycles. The highest BCUT2D eigenvalue weighted by Gasteiger charge is 2.14. The van der Waals surface area contributed by atoms with E-state index in [0.717, 1.165) is 5.39 Å². The molecule has 0 saturated carbocycles. The third kappa shape index (κ3) is 2.32. The number of aromatic nitrogens is 2. The Morgan fingerprint density at radius 1 is 1.10 bits per heavy atom. The molecule has 20 heavy (non-hydrogen) atoms. The van der Waals surface area contributed by atoms with Crippen LogP contribution in [0.1, 0.15) is 5.56 Å².